The number of piperidine rings is 1. The van der Waals surface area contributed by atoms with Crippen molar-refractivity contribution < 1.29 is 4.39 Å². The Labute approximate surface area is 83.3 Å². The molecule has 1 heterocycles. The van der Waals surface area contributed by atoms with Crippen LogP contribution in [0.25, 0.3) is 0 Å². The monoisotopic (exact) mass is 194 g/mol. The minimum Gasteiger partial charge on any atom is -0.399 e. The molecule has 3 heteroatoms. The first-order valence-electron chi connectivity index (χ1n) is 5.03. The predicted octanol–water partition coefficient (Wildman–Crippen LogP) is 1.87. The Morgan fingerprint density at radius 1 is 1.29 bits per heavy atom. The van der Waals surface area contributed by atoms with Gasteiger partial charge in [-0.25, -0.2) is 4.39 Å². The lowest BCUT2D eigenvalue weighted by atomic mass is 9.90. The molecule has 2 rings (SSSR count). The van der Waals surface area contributed by atoms with Crippen LogP contribution in [0.15, 0.2) is 18.2 Å². The molecular formula is C11H15FN2. The van der Waals surface area contributed by atoms with Crippen LogP contribution >= 0.6 is 0 Å². The molecule has 1 fully saturated rings. The van der Waals surface area contributed by atoms with Gasteiger partial charge in [0.05, 0.1) is 0 Å². The average molecular weight is 194 g/mol. The summed E-state index contributed by atoms with van der Waals surface area (Å²) in [5.74, 6) is 0.203. The predicted molar refractivity (Wildman–Crippen MR) is 55.7 cm³/mol. The van der Waals surface area contributed by atoms with Crippen LogP contribution in [0.1, 0.15) is 24.3 Å². The summed E-state index contributed by atoms with van der Waals surface area (Å²) in [6, 6.07) is 5.01. The normalized spacial score (nSPS) is 18.4. The highest BCUT2D eigenvalue weighted by molar-refractivity contribution is 5.41. The molecule has 1 aliphatic heterocycles. The van der Waals surface area contributed by atoms with Crippen LogP contribution in [0.4, 0.5) is 10.1 Å². The average Bonchev–Trinajstić information content (AvgIpc) is 2.19. The second-order valence-corrected chi connectivity index (χ2v) is 3.81. The van der Waals surface area contributed by atoms with Gasteiger partial charge in [-0.15, -0.1) is 0 Å². The van der Waals surface area contributed by atoms with E-state index in [1.165, 1.54) is 6.07 Å². The van der Waals surface area contributed by atoms with E-state index in [9.17, 15) is 4.39 Å². The highest BCUT2D eigenvalue weighted by Gasteiger charge is 2.18. The summed E-state index contributed by atoms with van der Waals surface area (Å²) < 4.78 is 13.5. The summed E-state index contributed by atoms with van der Waals surface area (Å²) >= 11 is 0. The summed E-state index contributed by atoms with van der Waals surface area (Å²) in [6.07, 6.45) is 2.03. The quantitative estimate of drug-likeness (QED) is 0.670. The number of hydrogen-bond donors (Lipinski definition) is 2. The van der Waals surface area contributed by atoms with Gasteiger partial charge in [-0.1, -0.05) is 6.07 Å². The second-order valence-electron chi connectivity index (χ2n) is 3.81. The van der Waals surface area contributed by atoms with Gasteiger partial charge in [0.1, 0.15) is 5.82 Å². The Morgan fingerprint density at radius 2 is 2.00 bits per heavy atom. The molecule has 0 atom stereocenters. The van der Waals surface area contributed by atoms with Crippen molar-refractivity contribution in [3.8, 4) is 0 Å². The van der Waals surface area contributed by atoms with Crippen molar-refractivity contribution in [2.24, 2.45) is 0 Å². The molecule has 1 aliphatic rings. The number of nitrogens with two attached hydrogens (primary N) is 1. The molecule has 1 aromatic rings. The van der Waals surface area contributed by atoms with Crippen LogP contribution in [0.5, 0.6) is 0 Å². The fraction of sp³-hybridized carbons (Fsp3) is 0.455. The van der Waals surface area contributed by atoms with Gasteiger partial charge in [-0.3, -0.25) is 0 Å². The van der Waals surface area contributed by atoms with Gasteiger partial charge in [0.25, 0.3) is 0 Å². The van der Waals surface area contributed by atoms with Gasteiger partial charge in [0.2, 0.25) is 0 Å². The van der Waals surface area contributed by atoms with Gasteiger partial charge in [0, 0.05) is 5.69 Å². The van der Waals surface area contributed by atoms with E-state index < -0.39 is 0 Å². The fourth-order valence-corrected chi connectivity index (χ4v) is 2.01. The molecule has 0 unspecified atom stereocenters. The van der Waals surface area contributed by atoms with Crippen molar-refractivity contribution in [1.82, 2.24) is 5.32 Å². The lowest BCUT2D eigenvalue weighted by Gasteiger charge is -2.23. The third-order valence-corrected chi connectivity index (χ3v) is 2.80. The third kappa shape index (κ3) is 1.87. The van der Waals surface area contributed by atoms with E-state index in [-0.39, 0.29) is 5.82 Å². The van der Waals surface area contributed by atoms with Crippen molar-refractivity contribution >= 4 is 5.69 Å². The second kappa shape index (κ2) is 3.96. The molecule has 3 N–H and O–H groups in total. The lowest BCUT2D eigenvalue weighted by molar-refractivity contribution is 0.445. The molecule has 0 bridgehead atoms. The Bertz CT molecular complexity index is 319. The zero-order chi connectivity index (χ0) is 9.97. The number of halogens is 1. The minimum atomic E-state index is -0.156. The van der Waals surface area contributed by atoms with Crippen molar-refractivity contribution in [3.63, 3.8) is 0 Å². The molecule has 0 aliphatic carbocycles. The van der Waals surface area contributed by atoms with E-state index in [1.54, 1.807) is 6.07 Å². The number of benzene rings is 1. The number of anilines is 1. The number of nitrogen functional groups attached to an aromatic ring is 1. The van der Waals surface area contributed by atoms with Gasteiger partial charge >= 0.3 is 0 Å². The highest BCUT2D eigenvalue weighted by Crippen LogP contribution is 2.28. The van der Waals surface area contributed by atoms with Crippen molar-refractivity contribution in [3.05, 3.63) is 29.6 Å². The molecule has 0 aromatic heterocycles. The summed E-state index contributed by atoms with van der Waals surface area (Å²) in [7, 11) is 0. The van der Waals surface area contributed by atoms with Crippen LogP contribution in [-0.2, 0) is 0 Å². The van der Waals surface area contributed by atoms with Gasteiger partial charge in [-0.05, 0) is 49.5 Å². The molecule has 0 saturated carbocycles. The van der Waals surface area contributed by atoms with E-state index in [2.05, 4.69) is 5.32 Å². The summed E-state index contributed by atoms with van der Waals surface area (Å²) in [5.41, 5.74) is 6.82. The number of hydrogen-bond acceptors (Lipinski definition) is 2. The molecule has 0 amide bonds. The van der Waals surface area contributed by atoms with Crippen LogP contribution < -0.4 is 11.1 Å². The first-order valence-corrected chi connectivity index (χ1v) is 5.03. The Kier molecular flexibility index (Phi) is 2.68. The van der Waals surface area contributed by atoms with Crippen LogP contribution in [-0.4, -0.2) is 13.1 Å². The zero-order valence-corrected chi connectivity index (χ0v) is 8.09. The SMILES string of the molecule is Nc1ccc(C2CCNCC2)c(F)c1. The third-order valence-electron chi connectivity index (χ3n) is 2.80. The summed E-state index contributed by atoms with van der Waals surface area (Å²) in [6.45, 7) is 1.96. The maximum atomic E-state index is 13.5. The lowest BCUT2D eigenvalue weighted by Crippen LogP contribution is -2.27. The van der Waals surface area contributed by atoms with Crippen molar-refractivity contribution in [2.75, 3.05) is 18.8 Å². The molecule has 14 heavy (non-hydrogen) atoms. The molecule has 1 aromatic carbocycles. The Balaban J connectivity index is 2.22. The summed E-state index contributed by atoms with van der Waals surface area (Å²) in [5, 5.41) is 3.27. The number of rotatable bonds is 1. The standard InChI is InChI=1S/C11H15FN2/c12-11-7-9(13)1-2-10(11)8-3-5-14-6-4-8/h1-2,7-8,14H,3-6,13H2. The smallest absolute Gasteiger partial charge is 0.128 e. The maximum absolute atomic E-state index is 13.5. The Hall–Kier alpha value is -1.09. The van der Waals surface area contributed by atoms with E-state index in [4.69, 9.17) is 5.73 Å². The van der Waals surface area contributed by atoms with Crippen LogP contribution in [0.3, 0.4) is 0 Å². The fourth-order valence-electron chi connectivity index (χ4n) is 2.01. The molecular weight excluding hydrogens is 179 g/mol. The molecule has 76 valence electrons. The van der Waals surface area contributed by atoms with Gasteiger partial charge < -0.3 is 11.1 Å². The van der Waals surface area contributed by atoms with Crippen LogP contribution in [0, 0.1) is 5.82 Å². The zero-order valence-electron chi connectivity index (χ0n) is 8.09. The van der Waals surface area contributed by atoms with E-state index in [0.29, 0.717) is 11.6 Å². The van der Waals surface area contributed by atoms with Crippen molar-refractivity contribution in [1.29, 1.82) is 0 Å². The first kappa shape index (κ1) is 9.46. The largest absolute Gasteiger partial charge is 0.399 e. The number of nitrogens with one attached hydrogen (secondary N) is 1. The van der Waals surface area contributed by atoms with E-state index in [0.717, 1.165) is 31.5 Å². The highest BCUT2D eigenvalue weighted by atomic mass is 19.1. The van der Waals surface area contributed by atoms with E-state index >= 15 is 0 Å². The molecule has 2 nitrogen and oxygen atoms in total. The molecule has 1 saturated heterocycles. The van der Waals surface area contributed by atoms with Crippen LogP contribution in [0.2, 0.25) is 0 Å². The topological polar surface area (TPSA) is 38.0 Å². The van der Waals surface area contributed by atoms with Crippen molar-refractivity contribution in [2.45, 2.75) is 18.8 Å². The summed E-state index contributed by atoms with van der Waals surface area (Å²) in [4.78, 5) is 0. The van der Waals surface area contributed by atoms with E-state index in [1.807, 2.05) is 6.07 Å². The Morgan fingerprint density at radius 3 is 2.64 bits per heavy atom. The molecule has 0 spiro atoms. The van der Waals surface area contributed by atoms with Gasteiger partial charge in [0.15, 0.2) is 0 Å². The first-order chi connectivity index (χ1) is 6.77. The minimum absolute atomic E-state index is 0.156. The van der Waals surface area contributed by atoms with Gasteiger partial charge in [-0.2, -0.15) is 0 Å². The molecule has 0 radical (unpaired) electrons. The maximum Gasteiger partial charge on any atom is 0.128 e.